The minimum atomic E-state index is -0.549. The van der Waals surface area contributed by atoms with E-state index in [0.29, 0.717) is 18.4 Å². The topological polar surface area (TPSA) is 58.6 Å². The van der Waals surface area contributed by atoms with Crippen molar-refractivity contribution in [1.29, 1.82) is 0 Å². The molecular formula is C16H30N2O3. The molecule has 0 saturated carbocycles. The van der Waals surface area contributed by atoms with Crippen LogP contribution in [0.5, 0.6) is 0 Å². The molecule has 0 aromatic rings. The van der Waals surface area contributed by atoms with Crippen molar-refractivity contribution in [3.63, 3.8) is 0 Å². The number of amides is 1. The standard InChI is InChI=1S/C16H30N2O3/c1-6-13(4)15(16(20)21-5)17-14(19)10-18-8-11(2)7-12(3)9-18/h11-13,15H,6-10H2,1-5H3,(H,17,19). The van der Waals surface area contributed by atoms with E-state index in [1.54, 1.807) is 0 Å². The Morgan fingerprint density at radius 2 is 1.86 bits per heavy atom. The Balaban J connectivity index is 2.55. The molecule has 4 unspecified atom stereocenters. The van der Waals surface area contributed by atoms with Crippen molar-refractivity contribution in [2.45, 2.75) is 46.6 Å². The summed E-state index contributed by atoms with van der Waals surface area (Å²) in [5.74, 6) is 0.853. The first-order chi connectivity index (χ1) is 9.87. The van der Waals surface area contributed by atoms with Gasteiger partial charge in [-0.1, -0.05) is 34.1 Å². The monoisotopic (exact) mass is 298 g/mol. The smallest absolute Gasteiger partial charge is 0.328 e. The van der Waals surface area contributed by atoms with Crippen molar-refractivity contribution < 1.29 is 14.3 Å². The Morgan fingerprint density at radius 3 is 2.33 bits per heavy atom. The van der Waals surface area contributed by atoms with Crippen molar-refractivity contribution in [1.82, 2.24) is 10.2 Å². The Hall–Kier alpha value is -1.10. The van der Waals surface area contributed by atoms with Crippen LogP contribution in [0.1, 0.15) is 40.5 Å². The lowest BCUT2D eigenvalue weighted by Crippen LogP contribution is -2.50. The predicted molar refractivity (Wildman–Crippen MR) is 82.8 cm³/mol. The highest BCUT2D eigenvalue weighted by Crippen LogP contribution is 2.20. The average molecular weight is 298 g/mol. The van der Waals surface area contributed by atoms with Gasteiger partial charge in [-0.05, 0) is 24.2 Å². The molecule has 1 fully saturated rings. The fourth-order valence-electron chi connectivity index (χ4n) is 3.14. The SMILES string of the molecule is CCC(C)C(NC(=O)CN1CC(C)CC(C)C1)C(=O)OC. The molecule has 5 nitrogen and oxygen atoms in total. The summed E-state index contributed by atoms with van der Waals surface area (Å²) in [5.41, 5.74) is 0. The van der Waals surface area contributed by atoms with Crippen LogP contribution in [0.25, 0.3) is 0 Å². The van der Waals surface area contributed by atoms with E-state index in [1.807, 2.05) is 13.8 Å². The number of likely N-dealkylation sites (tertiary alicyclic amines) is 1. The highest BCUT2D eigenvalue weighted by atomic mass is 16.5. The molecular weight excluding hydrogens is 268 g/mol. The number of nitrogens with one attached hydrogen (secondary N) is 1. The number of methoxy groups -OCH3 is 1. The number of carbonyl (C=O) groups excluding carboxylic acids is 2. The molecule has 1 rings (SSSR count). The summed E-state index contributed by atoms with van der Waals surface area (Å²) in [4.78, 5) is 26.2. The molecule has 0 radical (unpaired) electrons. The zero-order valence-corrected chi connectivity index (χ0v) is 14.0. The van der Waals surface area contributed by atoms with Crippen molar-refractivity contribution in [3.8, 4) is 0 Å². The third kappa shape index (κ3) is 5.65. The molecule has 5 heteroatoms. The summed E-state index contributed by atoms with van der Waals surface area (Å²) in [7, 11) is 1.36. The minimum Gasteiger partial charge on any atom is -0.467 e. The fraction of sp³-hybridized carbons (Fsp3) is 0.875. The maximum absolute atomic E-state index is 12.2. The second-order valence-corrected chi connectivity index (χ2v) is 6.59. The average Bonchev–Trinajstić information content (AvgIpc) is 2.41. The van der Waals surface area contributed by atoms with E-state index in [0.717, 1.165) is 19.5 Å². The van der Waals surface area contributed by atoms with E-state index in [9.17, 15) is 9.59 Å². The quantitative estimate of drug-likeness (QED) is 0.758. The molecule has 122 valence electrons. The van der Waals surface area contributed by atoms with E-state index in [2.05, 4.69) is 24.1 Å². The zero-order chi connectivity index (χ0) is 16.0. The van der Waals surface area contributed by atoms with Crippen LogP contribution in [0.3, 0.4) is 0 Å². The van der Waals surface area contributed by atoms with E-state index in [4.69, 9.17) is 4.74 Å². The second-order valence-electron chi connectivity index (χ2n) is 6.59. The van der Waals surface area contributed by atoms with Crippen LogP contribution in [-0.4, -0.2) is 49.6 Å². The van der Waals surface area contributed by atoms with Gasteiger partial charge in [0.15, 0.2) is 0 Å². The van der Waals surface area contributed by atoms with Crippen LogP contribution in [0.15, 0.2) is 0 Å². The number of piperidine rings is 1. The molecule has 0 bridgehead atoms. The largest absolute Gasteiger partial charge is 0.467 e. The highest BCUT2D eigenvalue weighted by Gasteiger charge is 2.28. The van der Waals surface area contributed by atoms with Gasteiger partial charge in [-0.15, -0.1) is 0 Å². The summed E-state index contributed by atoms with van der Waals surface area (Å²) in [6.07, 6.45) is 2.04. The van der Waals surface area contributed by atoms with Gasteiger partial charge in [0.2, 0.25) is 5.91 Å². The number of carbonyl (C=O) groups is 2. The van der Waals surface area contributed by atoms with Crippen LogP contribution >= 0.6 is 0 Å². The highest BCUT2D eigenvalue weighted by molar-refractivity contribution is 5.85. The Morgan fingerprint density at radius 1 is 1.29 bits per heavy atom. The molecule has 1 amide bonds. The van der Waals surface area contributed by atoms with Gasteiger partial charge in [-0.25, -0.2) is 4.79 Å². The van der Waals surface area contributed by atoms with E-state index in [-0.39, 0.29) is 17.8 Å². The lowest BCUT2D eigenvalue weighted by atomic mass is 9.92. The summed E-state index contributed by atoms with van der Waals surface area (Å²) in [6.45, 7) is 10.6. The maximum Gasteiger partial charge on any atom is 0.328 e. The molecule has 21 heavy (non-hydrogen) atoms. The molecule has 1 heterocycles. The Kier molecular flexibility index (Phi) is 7.15. The van der Waals surface area contributed by atoms with Gasteiger partial charge >= 0.3 is 5.97 Å². The number of hydrogen-bond acceptors (Lipinski definition) is 4. The number of esters is 1. The van der Waals surface area contributed by atoms with Crippen molar-refractivity contribution in [3.05, 3.63) is 0 Å². The maximum atomic E-state index is 12.2. The van der Waals surface area contributed by atoms with Crippen LogP contribution < -0.4 is 5.32 Å². The molecule has 1 saturated heterocycles. The Labute approximate surface area is 128 Å². The molecule has 0 aliphatic carbocycles. The molecule has 1 N–H and O–H groups in total. The van der Waals surface area contributed by atoms with Crippen molar-refractivity contribution >= 4 is 11.9 Å². The molecule has 1 aliphatic rings. The first-order valence-electron chi connectivity index (χ1n) is 7.96. The first kappa shape index (κ1) is 18.0. The molecule has 0 aromatic carbocycles. The summed E-state index contributed by atoms with van der Waals surface area (Å²) >= 11 is 0. The van der Waals surface area contributed by atoms with Crippen molar-refractivity contribution in [2.24, 2.45) is 17.8 Å². The number of ether oxygens (including phenoxy) is 1. The number of nitrogens with zero attached hydrogens (tertiary/aromatic N) is 1. The van der Waals surface area contributed by atoms with E-state index in [1.165, 1.54) is 13.5 Å². The lowest BCUT2D eigenvalue weighted by molar-refractivity contribution is -0.146. The molecule has 1 aliphatic heterocycles. The van der Waals surface area contributed by atoms with Crippen LogP contribution in [0.4, 0.5) is 0 Å². The van der Waals surface area contributed by atoms with Crippen molar-refractivity contribution in [2.75, 3.05) is 26.7 Å². The van der Waals surface area contributed by atoms with Gasteiger partial charge in [-0.2, -0.15) is 0 Å². The lowest BCUT2D eigenvalue weighted by Gasteiger charge is -2.34. The van der Waals surface area contributed by atoms with Crippen LogP contribution in [0.2, 0.25) is 0 Å². The van der Waals surface area contributed by atoms with E-state index >= 15 is 0 Å². The summed E-state index contributed by atoms with van der Waals surface area (Å²) in [5, 5.41) is 2.84. The van der Waals surface area contributed by atoms with Gasteiger partial charge in [-0.3, -0.25) is 9.69 Å². The third-order valence-corrected chi connectivity index (χ3v) is 4.30. The third-order valence-electron chi connectivity index (χ3n) is 4.30. The van der Waals surface area contributed by atoms with Crippen LogP contribution in [0, 0.1) is 17.8 Å². The van der Waals surface area contributed by atoms with Gasteiger partial charge in [0, 0.05) is 13.1 Å². The Bertz CT molecular complexity index is 349. The minimum absolute atomic E-state index is 0.0700. The summed E-state index contributed by atoms with van der Waals surface area (Å²) in [6, 6.07) is -0.549. The predicted octanol–water partition coefficient (Wildman–Crippen LogP) is 1.67. The number of hydrogen-bond donors (Lipinski definition) is 1. The van der Waals surface area contributed by atoms with Gasteiger partial charge in [0.1, 0.15) is 6.04 Å². The van der Waals surface area contributed by atoms with Gasteiger partial charge < -0.3 is 10.1 Å². The second kappa shape index (κ2) is 8.37. The first-order valence-corrected chi connectivity index (χ1v) is 7.96. The fourth-order valence-corrected chi connectivity index (χ4v) is 3.14. The molecule has 4 atom stereocenters. The molecule has 0 aromatic heterocycles. The summed E-state index contributed by atoms with van der Waals surface area (Å²) < 4.78 is 4.79. The molecule has 0 spiro atoms. The van der Waals surface area contributed by atoms with Gasteiger partial charge in [0.25, 0.3) is 0 Å². The van der Waals surface area contributed by atoms with E-state index < -0.39 is 6.04 Å². The normalized spacial score (nSPS) is 26.0. The van der Waals surface area contributed by atoms with Crippen LogP contribution in [-0.2, 0) is 14.3 Å². The van der Waals surface area contributed by atoms with Gasteiger partial charge in [0.05, 0.1) is 13.7 Å². The number of rotatable bonds is 6. The zero-order valence-electron chi connectivity index (χ0n) is 14.0.